The molecular weight excluding hydrogens is 261 g/mol. The van der Waals surface area contributed by atoms with Crippen LogP contribution in [0, 0.1) is 12.7 Å². The van der Waals surface area contributed by atoms with Gasteiger partial charge in [0.25, 0.3) is 0 Å². The minimum absolute atomic E-state index is 0.00131. The van der Waals surface area contributed by atoms with Gasteiger partial charge in [0.1, 0.15) is 22.8 Å². The molecule has 1 heterocycles. The van der Waals surface area contributed by atoms with Crippen LogP contribution in [-0.4, -0.2) is 18.2 Å². The topological polar surface area (TPSA) is 52.3 Å². The molecule has 0 saturated carbocycles. The molecule has 0 spiro atoms. The van der Waals surface area contributed by atoms with Crippen molar-refractivity contribution < 1.29 is 18.4 Å². The van der Waals surface area contributed by atoms with Crippen molar-refractivity contribution in [1.29, 1.82) is 0 Å². The highest BCUT2D eigenvalue weighted by Crippen LogP contribution is 2.28. The van der Waals surface area contributed by atoms with Gasteiger partial charge in [-0.05, 0) is 19.1 Å². The molecule has 0 radical (unpaired) electrons. The molecule has 6 heteroatoms. The molecule has 0 fully saturated rings. The molecule has 1 aromatic heterocycles. The van der Waals surface area contributed by atoms with Crippen molar-refractivity contribution in [3.05, 3.63) is 40.4 Å². The second kappa shape index (κ2) is 4.78. The van der Waals surface area contributed by atoms with Crippen LogP contribution < -0.4 is 0 Å². The van der Waals surface area contributed by atoms with Crippen LogP contribution in [0.3, 0.4) is 0 Å². The number of ether oxygens (including phenoxy) is 1. The van der Waals surface area contributed by atoms with E-state index in [0.29, 0.717) is 11.3 Å². The highest BCUT2D eigenvalue weighted by molar-refractivity contribution is 6.30. The fourth-order valence-corrected chi connectivity index (χ4v) is 1.67. The van der Waals surface area contributed by atoms with E-state index in [1.54, 1.807) is 13.0 Å². The minimum Gasteiger partial charge on any atom is -0.465 e. The lowest BCUT2D eigenvalue weighted by atomic mass is 10.1. The van der Waals surface area contributed by atoms with E-state index < -0.39 is 11.8 Å². The summed E-state index contributed by atoms with van der Waals surface area (Å²) in [6.45, 7) is 1.58. The Kier molecular flexibility index (Phi) is 3.34. The van der Waals surface area contributed by atoms with Gasteiger partial charge in [-0.25, -0.2) is 9.18 Å². The molecule has 0 amide bonds. The molecule has 0 aliphatic carbocycles. The lowest BCUT2D eigenvalue weighted by Crippen LogP contribution is -2.03. The Balaban J connectivity index is 2.57. The highest BCUT2D eigenvalue weighted by atomic mass is 35.5. The third kappa shape index (κ3) is 2.09. The van der Waals surface area contributed by atoms with Gasteiger partial charge in [-0.1, -0.05) is 22.8 Å². The quantitative estimate of drug-likeness (QED) is 0.786. The predicted molar refractivity (Wildman–Crippen MR) is 63.0 cm³/mol. The van der Waals surface area contributed by atoms with E-state index in [4.69, 9.17) is 16.1 Å². The zero-order chi connectivity index (χ0) is 13.3. The number of esters is 1. The zero-order valence-corrected chi connectivity index (χ0v) is 10.4. The van der Waals surface area contributed by atoms with E-state index in [0.717, 1.165) is 0 Å². The maximum Gasteiger partial charge on any atom is 0.343 e. The molecule has 94 valence electrons. The van der Waals surface area contributed by atoms with Gasteiger partial charge in [-0.2, -0.15) is 0 Å². The number of benzene rings is 1. The number of aryl methyl sites for hydroxylation is 1. The number of rotatable bonds is 2. The monoisotopic (exact) mass is 269 g/mol. The van der Waals surface area contributed by atoms with Crippen LogP contribution in [0.15, 0.2) is 22.7 Å². The Morgan fingerprint density at radius 3 is 2.83 bits per heavy atom. The molecule has 0 unspecified atom stereocenters. The number of carbonyl (C=O) groups is 1. The second-order valence-electron chi connectivity index (χ2n) is 3.58. The maximum atomic E-state index is 13.4. The summed E-state index contributed by atoms with van der Waals surface area (Å²) in [5, 5.41) is 3.74. The fourth-order valence-electron chi connectivity index (χ4n) is 1.56. The van der Waals surface area contributed by atoms with Crippen LogP contribution in [0.1, 0.15) is 16.1 Å². The van der Waals surface area contributed by atoms with Crippen molar-refractivity contribution in [2.45, 2.75) is 6.92 Å². The molecule has 0 saturated heterocycles. The van der Waals surface area contributed by atoms with Crippen LogP contribution in [0.4, 0.5) is 4.39 Å². The van der Waals surface area contributed by atoms with Gasteiger partial charge in [-0.15, -0.1) is 0 Å². The molecule has 4 nitrogen and oxygen atoms in total. The Hall–Kier alpha value is -1.88. The average Bonchev–Trinajstić information content (AvgIpc) is 2.74. The summed E-state index contributed by atoms with van der Waals surface area (Å²) in [7, 11) is 1.25. The molecule has 2 aromatic rings. The Morgan fingerprint density at radius 2 is 2.22 bits per heavy atom. The normalized spacial score (nSPS) is 10.4. The smallest absolute Gasteiger partial charge is 0.343 e. The Morgan fingerprint density at radius 1 is 1.50 bits per heavy atom. The van der Waals surface area contributed by atoms with Gasteiger partial charge in [0, 0.05) is 5.56 Å². The van der Waals surface area contributed by atoms with Crippen LogP contribution >= 0.6 is 11.6 Å². The van der Waals surface area contributed by atoms with Gasteiger partial charge in [0.15, 0.2) is 0 Å². The van der Waals surface area contributed by atoms with Gasteiger partial charge in [-0.3, -0.25) is 0 Å². The van der Waals surface area contributed by atoms with E-state index in [2.05, 4.69) is 9.89 Å². The third-order valence-electron chi connectivity index (χ3n) is 2.45. The molecule has 0 aliphatic heterocycles. The van der Waals surface area contributed by atoms with Crippen LogP contribution in [-0.2, 0) is 4.74 Å². The van der Waals surface area contributed by atoms with Crippen LogP contribution in [0.25, 0.3) is 11.3 Å². The zero-order valence-electron chi connectivity index (χ0n) is 9.66. The molecule has 2 rings (SSSR count). The molecular formula is C12H9ClFNO3. The van der Waals surface area contributed by atoms with E-state index in [1.165, 1.54) is 19.2 Å². The number of hydrogen-bond acceptors (Lipinski definition) is 4. The summed E-state index contributed by atoms with van der Waals surface area (Å²) >= 11 is 5.59. The fraction of sp³-hybridized carbons (Fsp3) is 0.167. The van der Waals surface area contributed by atoms with Crippen molar-refractivity contribution in [2.24, 2.45) is 0 Å². The summed E-state index contributed by atoms with van der Waals surface area (Å²) in [6.07, 6.45) is 0. The first-order valence-corrected chi connectivity index (χ1v) is 5.42. The molecule has 1 aromatic carbocycles. The minimum atomic E-state index is -0.592. The number of aromatic nitrogens is 1. The Bertz CT molecular complexity index is 609. The van der Waals surface area contributed by atoms with E-state index in [9.17, 15) is 9.18 Å². The predicted octanol–water partition coefficient (Wildman–Crippen LogP) is 3.23. The number of hydrogen-bond donors (Lipinski definition) is 0. The van der Waals surface area contributed by atoms with Crippen molar-refractivity contribution in [3.63, 3.8) is 0 Å². The van der Waals surface area contributed by atoms with Gasteiger partial charge < -0.3 is 9.26 Å². The standard InChI is InChI=1S/C12H9ClFNO3/c1-6-10(12(16)17-2)11(15-18-6)7-3-4-8(13)9(14)5-7/h3-5H,1-2H3. The molecule has 0 atom stereocenters. The summed E-state index contributed by atoms with van der Waals surface area (Å²) in [5.41, 5.74) is 0.809. The molecule has 0 N–H and O–H groups in total. The first-order chi connectivity index (χ1) is 8.54. The van der Waals surface area contributed by atoms with E-state index in [-0.39, 0.29) is 16.3 Å². The van der Waals surface area contributed by atoms with Crippen molar-refractivity contribution in [3.8, 4) is 11.3 Å². The van der Waals surface area contributed by atoms with Crippen molar-refractivity contribution >= 4 is 17.6 Å². The lowest BCUT2D eigenvalue weighted by molar-refractivity contribution is 0.0599. The van der Waals surface area contributed by atoms with Crippen LogP contribution in [0.2, 0.25) is 5.02 Å². The number of carbonyl (C=O) groups excluding carboxylic acids is 1. The number of nitrogens with zero attached hydrogens (tertiary/aromatic N) is 1. The largest absolute Gasteiger partial charge is 0.465 e. The molecule has 18 heavy (non-hydrogen) atoms. The van der Waals surface area contributed by atoms with Gasteiger partial charge in [0.2, 0.25) is 0 Å². The van der Waals surface area contributed by atoms with Gasteiger partial charge >= 0.3 is 5.97 Å². The highest BCUT2D eigenvalue weighted by Gasteiger charge is 2.22. The van der Waals surface area contributed by atoms with E-state index in [1.807, 2.05) is 0 Å². The van der Waals surface area contributed by atoms with Crippen molar-refractivity contribution in [2.75, 3.05) is 7.11 Å². The average molecular weight is 270 g/mol. The second-order valence-corrected chi connectivity index (χ2v) is 3.99. The van der Waals surface area contributed by atoms with Crippen LogP contribution in [0.5, 0.6) is 0 Å². The maximum absolute atomic E-state index is 13.4. The molecule has 0 aliphatic rings. The first-order valence-electron chi connectivity index (χ1n) is 5.04. The summed E-state index contributed by atoms with van der Waals surface area (Å²) in [6, 6.07) is 4.12. The summed E-state index contributed by atoms with van der Waals surface area (Å²) < 4.78 is 22.9. The first kappa shape index (κ1) is 12.6. The van der Waals surface area contributed by atoms with Crippen molar-refractivity contribution in [1.82, 2.24) is 5.16 Å². The summed E-state index contributed by atoms with van der Waals surface area (Å²) in [5.74, 6) is -0.864. The molecule has 0 bridgehead atoms. The Labute approximate surface area is 107 Å². The van der Waals surface area contributed by atoms with Gasteiger partial charge in [0.05, 0.1) is 12.1 Å². The number of halogens is 2. The lowest BCUT2D eigenvalue weighted by Gasteiger charge is -2.01. The third-order valence-corrected chi connectivity index (χ3v) is 2.75. The summed E-state index contributed by atoms with van der Waals surface area (Å²) in [4.78, 5) is 11.6. The SMILES string of the molecule is COC(=O)c1c(-c2ccc(Cl)c(F)c2)noc1C. The van der Waals surface area contributed by atoms with E-state index >= 15 is 0 Å². The number of methoxy groups -OCH3 is 1.